The van der Waals surface area contributed by atoms with Crippen molar-refractivity contribution in [2.45, 2.75) is 52.4 Å². The Kier molecular flexibility index (Phi) is 3.65. The monoisotopic (exact) mass is 236 g/mol. The van der Waals surface area contributed by atoms with Gasteiger partial charge in [-0.3, -0.25) is 0 Å². The Balaban J connectivity index is 1.88. The van der Waals surface area contributed by atoms with Crippen LogP contribution in [0.15, 0.2) is 11.1 Å². The standard InChI is InChI=1S/C14H20O3/c1-9(2)4-3-5-10-6-7-11-12(8-10)14(16)17-13(11)15/h9-10H,3-8H2,1-2H3. The van der Waals surface area contributed by atoms with Crippen LogP contribution in [0.3, 0.4) is 0 Å². The molecule has 3 nitrogen and oxygen atoms in total. The van der Waals surface area contributed by atoms with Gasteiger partial charge in [0.2, 0.25) is 0 Å². The first-order valence-electron chi connectivity index (χ1n) is 6.56. The Morgan fingerprint density at radius 3 is 2.65 bits per heavy atom. The van der Waals surface area contributed by atoms with E-state index in [4.69, 9.17) is 0 Å². The Labute approximate surface area is 102 Å². The molecule has 1 unspecified atom stereocenters. The first-order chi connectivity index (χ1) is 8.08. The van der Waals surface area contributed by atoms with Crippen molar-refractivity contribution in [3.63, 3.8) is 0 Å². The number of rotatable bonds is 4. The molecular weight excluding hydrogens is 216 g/mol. The van der Waals surface area contributed by atoms with Crippen molar-refractivity contribution in [2.75, 3.05) is 0 Å². The molecule has 1 atom stereocenters. The third kappa shape index (κ3) is 2.76. The molecule has 0 saturated heterocycles. The molecule has 0 aromatic heterocycles. The third-order valence-corrected chi connectivity index (χ3v) is 3.73. The van der Waals surface area contributed by atoms with E-state index in [1.54, 1.807) is 0 Å². The average Bonchev–Trinajstić information content (AvgIpc) is 2.54. The first-order valence-corrected chi connectivity index (χ1v) is 6.56. The normalized spacial score (nSPS) is 24.3. The number of carbonyl (C=O) groups excluding carboxylic acids is 2. The van der Waals surface area contributed by atoms with Gasteiger partial charge < -0.3 is 4.74 Å². The smallest absolute Gasteiger partial charge is 0.342 e. The molecule has 0 saturated carbocycles. The quantitative estimate of drug-likeness (QED) is 0.556. The summed E-state index contributed by atoms with van der Waals surface area (Å²) in [6.07, 6.45) is 6.12. The SMILES string of the molecule is CC(C)CCCC1CCC2=C(C1)C(=O)OC2=O. The van der Waals surface area contributed by atoms with Gasteiger partial charge in [0.15, 0.2) is 0 Å². The number of carbonyl (C=O) groups is 2. The zero-order valence-corrected chi connectivity index (χ0v) is 10.6. The van der Waals surface area contributed by atoms with Crippen molar-refractivity contribution in [1.29, 1.82) is 0 Å². The molecule has 17 heavy (non-hydrogen) atoms. The van der Waals surface area contributed by atoms with E-state index < -0.39 is 11.9 Å². The fourth-order valence-electron chi connectivity index (χ4n) is 2.71. The molecule has 0 radical (unpaired) electrons. The van der Waals surface area contributed by atoms with Crippen molar-refractivity contribution in [2.24, 2.45) is 11.8 Å². The lowest BCUT2D eigenvalue weighted by Gasteiger charge is -2.21. The molecule has 0 N–H and O–H groups in total. The molecule has 1 aliphatic carbocycles. The Morgan fingerprint density at radius 1 is 1.24 bits per heavy atom. The number of ether oxygens (including phenoxy) is 1. The van der Waals surface area contributed by atoms with Crippen LogP contribution >= 0.6 is 0 Å². The van der Waals surface area contributed by atoms with Gasteiger partial charge in [0.05, 0.1) is 0 Å². The lowest BCUT2D eigenvalue weighted by atomic mass is 9.82. The van der Waals surface area contributed by atoms with Crippen molar-refractivity contribution in [3.05, 3.63) is 11.1 Å². The third-order valence-electron chi connectivity index (χ3n) is 3.73. The summed E-state index contributed by atoms with van der Waals surface area (Å²) >= 11 is 0. The minimum absolute atomic E-state index is 0.390. The summed E-state index contributed by atoms with van der Waals surface area (Å²) in [5.74, 6) is 0.515. The molecule has 1 aliphatic heterocycles. The minimum atomic E-state index is -0.398. The van der Waals surface area contributed by atoms with E-state index >= 15 is 0 Å². The molecule has 1 heterocycles. The van der Waals surface area contributed by atoms with E-state index in [1.807, 2.05) is 0 Å². The summed E-state index contributed by atoms with van der Waals surface area (Å²) in [6.45, 7) is 4.46. The number of hydrogen-bond acceptors (Lipinski definition) is 3. The molecule has 0 bridgehead atoms. The topological polar surface area (TPSA) is 43.4 Å². The first kappa shape index (κ1) is 12.3. The van der Waals surface area contributed by atoms with Gasteiger partial charge in [0, 0.05) is 11.1 Å². The zero-order valence-electron chi connectivity index (χ0n) is 10.6. The van der Waals surface area contributed by atoms with Gasteiger partial charge in [0.1, 0.15) is 0 Å². The molecule has 0 aromatic carbocycles. The molecule has 0 aromatic rings. The maximum Gasteiger partial charge on any atom is 0.342 e. The number of esters is 2. The van der Waals surface area contributed by atoms with Gasteiger partial charge in [-0.05, 0) is 31.1 Å². The highest BCUT2D eigenvalue weighted by Gasteiger charge is 2.36. The van der Waals surface area contributed by atoms with Crippen LogP contribution in [0, 0.1) is 11.8 Å². The van der Waals surface area contributed by atoms with Crippen molar-refractivity contribution in [3.8, 4) is 0 Å². The van der Waals surface area contributed by atoms with Gasteiger partial charge in [0.25, 0.3) is 0 Å². The van der Waals surface area contributed by atoms with Crippen LogP contribution in [0.25, 0.3) is 0 Å². The fourth-order valence-corrected chi connectivity index (χ4v) is 2.71. The molecular formula is C14H20O3. The summed E-state index contributed by atoms with van der Waals surface area (Å²) < 4.78 is 4.65. The maximum atomic E-state index is 11.4. The van der Waals surface area contributed by atoms with E-state index in [2.05, 4.69) is 18.6 Å². The second-order valence-corrected chi connectivity index (χ2v) is 5.57. The highest BCUT2D eigenvalue weighted by Crippen LogP contribution is 2.36. The predicted octanol–water partition coefficient (Wildman–Crippen LogP) is 2.99. The number of cyclic esters (lactones) is 2. The largest absolute Gasteiger partial charge is 0.386 e. The molecule has 2 aliphatic rings. The van der Waals surface area contributed by atoms with E-state index in [9.17, 15) is 9.59 Å². The molecule has 0 fully saturated rings. The van der Waals surface area contributed by atoms with E-state index in [0.717, 1.165) is 31.6 Å². The Morgan fingerprint density at radius 2 is 1.94 bits per heavy atom. The van der Waals surface area contributed by atoms with Gasteiger partial charge >= 0.3 is 11.9 Å². The summed E-state index contributed by atoms with van der Waals surface area (Å²) in [4.78, 5) is 22.8. The lowest BCUT2D eigenvalue weighted by Crippen LogP contribution is -2.12. The van der Waals surface area contributed by atoms with Crippen LogP contribution in [-0.4, -0.2) is 11.9 Å². The molecule has 0 spiro atoms. The second kappa shape index (κ2) is 5.03. The van der Waals surface area contributed by atoms with Gasteiger partial charge in [-0.25, -0.2) is 9.59 Å². The van der Waals surface area contributed by atoms with Crippen LogP contribution in [-0.2, 0) is 14.3 Å². The molecule has 94 valence electrons. The van der Waals surface area contributed by atoms with Gasteiger partial charge in [-0.2, -0.15) is 0 Å². The highest BCUT2D eigenvalue weighted by atomic mass is 16.6. The summed E-state index contributed by atoms with van der Waals surface area (Å²) in [6, 6.07) is 0. The van der Waals surface area contributed by atoms with Crippen LogP contribution in [0.2, 0.25) is 0 Å². The van der Waals surface area contributed by atoms with Crippen LogP contribution in [0.1, 0.15) is 52.4 Å². The van der Waals surface area contributed by atoms with Crippen molar-refractivity contribution in [1.82, 2.24) is 0 Å². The van der Waals surface area contributed by atoms with Crippen LogP contribution in [0.5, 0.6) is 0 Å². The van der Waals surface area contributed by atoms with Crippen molar-refractivity contribution < 1.29 is 14.3 Å². The number of hydrogen-bond donors (Lipinski definition) is 0. The van der Waals surface area contributed by atoms with Crippen LogP contribution < -0.4 is 0 Å². The van der Waals surface area contributed by atoms with Crippen LogP contribution in [0.4, 0.5) is 0 Å². The fraction of sp³-hybridized carbons (Fsp3) is 0.714. The summed E-state index contributed by atoms with van der Waals surface area (Å²) in [5, 5.41) is 0. The van der Waals surface area contributed by atoms with E-state index in [1.165, 1.54) is 12.8 Å². The van der Waals surface area contributed by atoms with E-state index in [-0.39, 0.29) is 0 Å². The maximum absolute atomic E-state index is 11.4. The van der Waals surface area contributed by atoms with Gasteiger partial charge in [-0.1, -0.05) is 33.1 Å². The van der Waals surface area contributed by atoms with E-state index in [0.29, 0.717) is 17.1 Å². The summed E-state index contributed by atoms with van der Waals surface area (Å²) in [7, 11) is 0. The Hall–Kier alpha value is -1.12. The zero-order chi connectivity index (χ0) is 12.4. The minimum Gasteiger partial charge on any atom is -0.386 e. The summed E-state index contributed by atoms with van der Waals surface area (Å²) in [5.41, 5.74) is 1.31. The predicted molar refractivity (Wildman–Crippen MR) is 64.2 cm³/mol. The molecule has 0 amide bonds. The second-order valence-electron chi connectivity index (χ2n) is 5.57. The lowest BCUT2D eigenvalue weighted by molar-refractivity contribution is -0.151. The van der Waals surface area contributed by atoms with Crippen molar-refractivity contribution >= 4 is 11.9 Å². The average molecular weight is 236 g/mol. The highest BCUT2D eigenvalue weighted by molar-refractivity contribution is 6.12. The Bertz CT molecular complexity index is 366. The molecule has 2 rings (SSSR count). The van der Waals surface area contributed by atoms with Gasteiger partial charge in [-0.15, -0.1) is 0 Å². The molecule has 3 heteroatoms.